The van der Waals surface area contributed by atoms with Crippen molar-refractivity contribution in [3.05, 3.63) is 76.0 Å². The Hall–Kier alpha value is -3.15. The van der Waals surface area contributed by atoms with Crippen molar-refractivity contribution in [2.75, 3.05) is 0 Å². The van der Waals surface area contributed by atoms with Gasteiger partial charge in [0, 0.05) is 23.1 Å². The summed E-state index contributed by atoms with van der Waals surface area (Å²) in [6, 6.07) is 14.7. The number of non-ortho nitro benzene ring substituents is 1. The van der Waals surface area contributed by atoms with Crippen LogP contribution < -0.4 is 5.32 Å². The zero-order valence-corrected chi connectivity index (χ0v) is 12.4. The van der Waals surface area contributed by atoms with E-state index in [1.165, 1.54) is 24.3 Å². The molecule has 0 aliphatic heterocycles. The van der Waals surface area contributed by atoms with E-state index in [-0.39, 0.29) is 23.2 Å². The van der Waals surface area contributed by atoms with Crippen molar-refractivity contribution in [2.24, 2.45) is 0 Å². The molecule has 0 radical (unpaired) electrons. The van der Waals surface area contributed by atoms with E-state index in [0.29, 0.717) is 5.76 Å². The largest absolute Gasteiger partial charge is 0.459 e. The fraction of sp³-hybridized carbons (Fsp3) is 0.118. The highest BCUT2D eigenvalue weighted by Gasteiger charge is 2.17. The Bertz CT molecular complexity index is 852. The maximum Gasteiger partial charge on any atom is 0.270 e. The van der Waals surface area contributed by atoms with Crippen molar-refractivity contribution in [1.29, 1.82) is 0 Å². The lowest BCUT2D eigenvalue weighted by molar-refractivity contribution is -0.384. The number of rotatable bonds is 4. The molecule has 0 unspecified atom stereocenters. The van der Waals surface area contributed by atoms with E-state index in [9.17, 15) is 14.9 Å². The zero-order chi connectivity index (χ0) is 16.4. The second-order valence-corrected chi connectivity index (χ2v) is 5.19. The van der Waals surface area contributed by atoms with E-state index in [2.05, 4.69) is 5.32 Å². The fourth-order valence-electron chi connectivity index (χ4n) is 2.33. The maximum absolute atomic E-state index is 12.2. The SMILES string of the molecule is C[C@H](NC(=O)c1cccc([N+](=O)[O-])c1)c1cc2ccccc2o1. The molecule has 116 valence electrons. The van der Waals surface area contributed by atoms with Gasteiger partial charge in [-0.3, -0.25) is 14.9 Å². The maximum atomic E-state index is 12.2. The molecule has 3 aromatic rings. The highest BCUT2D eigenvalue weighted by Crippen LogP contribution is 2.24. The van der Waals surface area contributed by atoms with Gasteiger partial charge in [0.25, 0.3) is 11.6 Å². The fourth-order valence-corrected chi connectivity index (χ4v) is 2.33. The van der Waals surface area contributed by atoms with Gasteiger partial charge in [0.15, 0.2) is 0 Å². The Labute approximate surface area is 131 Å². The molecule has 1 heterocycles. The third kappa shape index (κ3) is 3.06. The van der Waals surface area contributed by atoms with E-state index in [1.54, 1.807) is 6.92 Å². The first-order valence-electron chi connectivity index (χ1n) is 7.08. The molecule has 23 heavy (non-hydrogen) atoms. The van der Waals surface area contributed by atoms with Crippen LogP contribution in [-0.4, -0.2) is 10.8 Å². The van der Waals surface area contributed by atoms with Crippen molar-refractivity contribution in [2.45, 2.75) is 13.0 Å². The molecule has 0 bridgehead atoms. The van der Waals surface area contributed by atoms with Gasteiger partial charge < -0.3 is 9.73 Å². The molecule has 6 heteroatoms. The van der Waals surface area contributed by atoms with Crippen molar-refractivity contribution in [3.63, 3.8) is 0 Å². The van der Waals surface area contributed by atoms with Crippen LogP contribution in [0.25, 0.3) is 11.0 Å². The number of carbonyl (C=O) groups is 1. The lowest BCUT2D eigenvalue weighted by atomic mass is 10.1. The molecule has 1 N–H and O–H groups in total. The summed E-state index contributed by atoms with van der Waals surface area (Å²) in [5, 5.41) is 14.5. The number of para-hydroxylation sites is 1. The van der Waals surface area contributed by atoms with E-state index in [1.807, 2.05) is 30.3 Å². The molecule has 0 fully saturated rings. The highest BCUT2D eigenvalue weighted by atomic mass is 16.6. The summed E-state index contributed by atoms with van der Waals surface area (Å²) in [4.78, 5) is 22.5. The number of nitro groups is 1. The third-order valence-electron chi connectivity index (χ3n) is 3.54. The molecule has 6 nitrogen and oxygen atoms in total. The predicted octanol–water partition coefficient (Wildman–Crippen LogP) is 3.83. The standard InChI is InChI=1S/C17H14N2O4/c1-11(16-10-12-5-2-3-8-15(12)23-16)18-17(20)13-6-4-7-14(9-13)19(21)22/h2-11H,1H3,(H,18,20)/t11-/m0/s1. The van der Waals surface area contributed by atoms with Gasteiger partial charge in [-0.05, 0) is 25.1 Å². The first-order valence-corrected chi connectivity index (χ1v) is 7.08. The Morgan fingerprint density at radius 1 is 1.17 bits per heavy atom. The van der Waals surface area contributed by atoms with Crippen LogP contribution in [0, 0.1) is 10.1 Å². The van der Waals surface area contributed by atoms with Crippen LogP contribution in [-0.2, 0) is 0 Å². The van der Waals surface area contributed by atoms with Gasteiger partial charge in [-0.1, -0.05) is 24.3 Å². The number of hydrogen-bond donors (Lipinski definition) is 1. The highest BCUT2D eigenvalue weighted by molar-refractivity contribution is 5.95. The topological polar surface area (TPSA) is 85.4 Å². The Balaban J connectivity index is 1.79. The van der Waals surface area contributed by atoms with Gasteiger partial charge in [0.05, 0.1) is 11.0 Å². The van der Waals surface area contributed by atoms with Crippen molar-refractivity contribution >= 4 is 22.6 Å². The van der Waals surface area contributed by atoms with E-state index in [0.717, 1.165) is 11.0 Å². The first-order chi connectivity index (χ1) is 11.0. The lowest BCUT2D eigenvalue weighted by Gasteiger charge is -2.11. The quantitative estimate of drug-likeness (QED) is 0.586. The summed E-state index contributed by atoms with van der Waals surface area (Å²) in [5.74, 6) is 0.242. The van der Waals surface area contributed by atoms with E-state index >= 15 is 0 Å². The van der Waals surface area contributed by atoms with Gasteiger partial charge >= 0.3 is 0 Å². The van der Waals surface area contributed by atoms with Gasteiger partial charge in [0.2, 0.25) is 0 Å². The van der Waals surface area contributed by atoms with Crippen LogP contribution in [0.1, 0.15) is 29.1 Å². The third-order valence-corrected chi connectivity index (χ3v) is 3.54. The molecule has 3 rings (SSSR count). The minimum absolute atomic E-state index is 0.117. The summed E-state index contributed by atoms with van der Waals surface area (Å²) >= 11 is 0. The molecule has 1 aromatic heterocycles. The summed E-state index contributed by atoms with van der Waals surface area (Å²) in [5.41, 5.74) is 0.871. The molecule has 0 saturated heterocycles. The molecule has 1 amide bonds. The number of hydrogen-bond acceptors (Lipinski definition) is 4. The number of benzene rings is 2. The number of nitro benzene ring substituents is 1. The van der Waals surface area contributed by atoms with Gasteiger partial charge in [-0.25, -0.2) is 0 Å². The minimum Gasteiger partial charge on any atom is -0.459 e. The van der Waals surface area contributed by atoms with Crippen LogP contribution in [0.3, 0.4) is 0 Å². The zero-order valence-electron chi connectivity index (χ0n) is 12.4. The summed E-state index contributed by atoms with van der Waals surface area (Å²) in [6.45, 7) is 1.80. The van der Waals surface area contributed by atoms with Crippen molar-refractivity contribution in [1.82, 2.24) is 5.32 Å². The molecule has 2 aromatic carbocycles. The number of fused-ring (bicyclic) bond motifs is 1. The molecule has 1 atom stereocenters. The number of furan rings is 1. The second-order valence-electron chi connectivity index (χ2n) is 5.19. The molecular formula is C17H14N2O4. The molecular weight excluding hydrogens is 296 g/mol. The Kier molecular flexibility index (Phi) is 3.80. The number of nitrogens with one attached hydrogen (secondary N) is 1. The number of carbonyl (C=O) groups excluding carboxylic acids is 1. The number of amides is 1. The first kappa shape index (κ1) is 14.8. The van der Waals surface area contributed by atoms with Crippen LogP contribution in [0.4, 0.5) is 5.69 Å². The minimum atomic E-state index is -0.528. The summed E-state index contributed by atoms with van der Waals surface area (Å²) < 4.78 is 5.71. The lowest BCUT2D eigenvalue weighted by Crippen LogP contribution is -2.26. The van der Waals surface area contributed by atoms with Crippen LogP contribution in [0.5, 0.6) is 0 Å². The number of nitrogens with zero attached hydrogens (tertiary/aromatic N) is 1. The molecule has 0 aliphatic carbocycles. The van der Waals surface area contributed by atoms with E-state index < -0.39 is 4.92 Å². The average Bonchev–Trinajstić information content (AvgIpc) is 2.99. The van der Waals surface area contributed by atoms with Crippen LogP contribution in [0.2, 0.25) is 0 Å². The van der Waals surface area contributed by atoms with Gasteiger partial charge in [-0.2, -0.15) is 0 Å². The predicted molar refractivity (Wildman–Crippen MR) is 85.2 cm³/mol. The summed E-state index contributed by atoms with van der Waals surface area (Å²) in [7, 11) is 0. The molecule has 0 spiro atoms. The molecule has 0 saturated carbocycles. The average molecular weight is 310 g/mol. The van der Waals surface area contributed by atoms with Crippen LogP contribution in [0.15, 0.2) is 59.0 Å². The van der Waals surface area contributed by atoms with E-state index in [4.69, 9.17) is 4.42 Å². The monoisotopic (exact) mass is 310 g/mol. The van der Waals surface area contributed by atoms with Crippen molar-refractivity contribution < 1.29 is 14.1 Å². The Morgan fingerprint density at radius 2 is 1.96 bits per heavy atom. The molecule has 0 aliphatic rings. The van der Waals surface area contributed by atoms with Crippen LogP contribution >= 0.6 is 0 Å². The second kappa shape index (κ2) is 5.92. The van der Waals surface area contributed by atoms with Gasteiger partial charge in [-0.15, -0.1) is 0 Å². The normalized spacial score (nSPS) is 12.0. The smallest absolute Gasteiger partial charge is 0.270 e. The summed E-state index contributed by atoms with van der Waals surface area (Å²) in [6.07, 6.45) is 0. The van der Waals surface area contributed by atoms with Gasteiger partial charge in [0.1, 0.15) is 11.3 Å². The Morgan fingerprint density at radius 3 is 2.70 bits per heavy atom. The van der Waals surface area contributed by atoms with Crippen molar-refractivity contribution in [3.8, 4) is 0 Å².